The first kappa shape index (κ1) is 12.2. The highest BCUT2D eigenvalue weighted by molar-refractivity contribution is 7.92. The van der Waals surface area contributed by atoms with Crippen LogP contribution in [0.3, 0.4) is 0 Å². The molecule has 15 heavy (non-hydrogen) atoms. The van der Waals surface area contributed by atoms with Crippen LogP contribution in [0.15, 0.2) is 29.2 Å². The van der Waals surface area contributed by atoms with Crippen LogP contribution < -0.4 is 11.5 Å². The third kappa shape index (κ3) is 2.56. The molecule has 0 aliphatic carbocycles. The predicted molar refractivity (Wildman–Crippen MR) is 60.0 cm³/mol. The van der Waals surface area contributed by atoms with E-state index in [1.807, 2.05) is 6.92 Å². The van der Waals surface area contributed by atoms with Crippen molar-refractivity contribution in [1.29, 1.82) is 0 Å². The first-order valence-corrected chi connectivity index (χ1v) is 6.22. The Morgan fingerprint density at radius 2 is 1.60 bits per heavy atom. The van der Waals surface area contributed by atoms with Gasteiger partial charge in [-0.05, 0) is 26.0 Å². The van der Waals surface area contributed by atoms with Gasteiger partial charge in [0.15, 0.2) is 9.84 Å². The van der Waals surface area contributed by atoms with Crippen molar-refractivity contribution in [3.05, 3.63) is 29.8 Å². The fraction of sp³-hybridized carbons (Fsp3) is 0.400. The van der Waals surface area contributed by atoms with Crippen LogP contribution in [0.2, 0.25) is 0 Å². The lowest BCUT2D eigenvalue weighted by atomic mass is 10.2. The second kappa shape index (κ2) is 4.30. The van der Waals surface area contributed by atoms with E-state index in [0.717, 1.165) is 5.56 Å². The van der Waals surface area contributed by atoms with Crippen molar-refractivity contribution >= 4 is 9.84 Å². The van der Waals surface area contributed by atoms with Crippen LogP contribution in [-0.4, -0.2) is 19.8 Å². The molecule has 4 nitrogen and oxygen atoms in total. The van der Waals surface area contributed by atoms with Crippen LogP contribution in [0, 0.1) is 6.92 Å². The molecule has 1 aromatic rings. The van der Waals surface area contributed by atoms with E-state index in [9.17, 15) is 8.42 Å². The summed E-state index contributed by atoms with van der Waals surface area (Å²) in [6, 6.07) is 5.98. The van der Waals surface area contributed by atoms with Crippen molar-refractivity contribution in [2.45, 2.75) is 30.2 Å². The van der Waals surface area contributed by atoms with Gasteiger partial charge in [0.05, 0.1) is 4.90 Å². The average molecular weight is 228 g/mol. The van der Waals surface area contributed by atoms with Crippen LogP contribution >= 0.6 is 0 Å². The zero-order valence-corrected chi connectivity index (χ0v) is 9.66. The normalized spacial score (nSPS) is 16.0. The Hall–Kier alpha value is -0.910. The minimum absolute atomic E-state index is 0.220. The highest BCUT2D eigenvalue weighted by Gasteiger charge is 2.26. The number of aryl methyl sites for hydroxylation is 1. The Kier molecular flexibility index (Phi) is 3.49. The van der Waals surface area contributed by atoms with E-state index in [1.54, 1.807) is 31.2 Å². The quantitative estimate of drug-likeness (QED) is 0.784. The molecule has 2 atom stereocenters. The molecule has 84 valence electrons. The van der Waals surface area contributed by atoms with Crippen molar-refractivity contribution in [2.75, 3.05) is 0 Å². The maximum atomic E-state index is 11.9. The largest absolute Gasteiger partial charge is 0.326 e. The summed E-state index contributed by atoms with van der Waals surface area (Å²) in [6.45, 7) is 3.47. The molecule has 0 radical (unpaired) electrons. The van der Waals surface area contributed by atoms with Crippen LogP contribution in [0.25, 0.3) is 0 Å². The van der Waals surface area contributed by atoms with Gasteiger partial charge in [-0.2, -0.15) is 0 Å². The van der Waals surface area contributed by atoms with E-state index in [0.29, 0.717) is 0 Å². The van der Waals surface area contributed by atoms with Crippen molar-refractivity contribution in [3.8, 4) is 0 Å². The molecule has 0 heterocycles. The van der Waals surface area contributed by atoms with Crippen molar-refractivity contribution < 1.29 is 8.42 Å². The van der Waals surface area contributed by atoms with Crippen molar-refractivity contribution in [3.63, 3.8) is 0 Å². The van der Waals surface area contributed by atoms with Crippen LogP contribution in [0.5, 0.6) is 0 Å². The molecule has 0 amide bonds. The lowest BCUT2D eigenvalue weighted by molar-refractivity contribution is 0.562. The molecular weight excluding hydrogens is 212 g/mol. The summed E-state index contributed by atoms with van der Waals surface area (Å²) in [5.74, 6) is 0. The summed E-state index contributed by atoms with van der Waals surface area (Å²) >= 11 is 0. The molecule has 5 heteroatoms. The van der Waals surface area contributed by atoms with Gasteiger partial charge < -0.3 is 11.5 Å². The van der Waals surface area contributed by atoms with E-state index < -0.39 is 21.3 Å². The van der Waals surface area contributed by atoms with Crippen LogP contribution in [0.4, 0.5) is 0 Å². The number of rotatable bonds is 3. The number of hydrogen-bond donors (Lipinski definition) is 2. The molecule has 0 aliphatic heterocycles. The van der Waals surface area contributed by atoms with Gasteiger partial charge in [0.25, 0.3) is 0 Å². The summed E-state index contributed by atoms with van der Waals surface area (Å²) in [5, 5.41) is -1.06. The standard InChI is InChI=1S/C10H16N2O2S/c1-7-3-5-9(6-4-7)15(13,14)10(12)8(2)11/h3-6,8,10H,11-12H2,1-2H3/t8?,10-/m1/s1. The Morgan fingerprint density at radius 3 is 2.00 bits per heavy atom. The molecule has 1 rings (SSSR count). The Morgan fingerprint density at radius 1 is 1.13 bits per heavy atom. The van der Waals surface area contributed by atoms with Gasteiger partial charge >= 0.3 is 0 Å². The topological polar surface area (TPSA) is 86.2 Å². The van der Waals surface area contributed by atoms with Gasteiger partial charge in [0, 0.05) is 6.04 Å². The minimum atomic E-state index is -3.50. The third-order valence-electron chi connectivity index (χ3n) is 2.23. The molecule has 0 saturated carbocycles. The second-order valence-electron chi connectivity index (χ2n) is 3.68. The molecule has 4 N–H and O–H groups in total. The molecular formula is C10H16N2O2S. The van der Waals surface area contributed by atoms with Gasteiger partial charge in [-0.1, -0.05) is 17.7 Å². The molecule has 0 spiro atoms. The third-order valence-corrected chi connectivity index (χ3v) is 4.30. The highest BCUT2D eigenvalue weighted by atomic mass is 32.2. The SMILES string of the molecule is Cc1ccc(S(=O)(=O)[C@@H](N)C(C)N)cc1. The molecule has 0 saturated heterocycles. The van der Waals surface area contributed by atoms with Crippen LogP contribution in [-0.2, 0) is 9.84 Å². The predicted octanol–water partition coefficient (Wildman–Crippen LogP) is 0.401. The monoisotopic (exact) mass is 228 g/mol. The van der Waals surface area contributed by atoms with Gasteiger partial charge in [-0.25, -0.2) is 8.42 Å². The number of sulfone groups is 1. The Balaban J connectivity index is 3.12. The average Bonchev–Trinajstić information content (AvgIpc) is 2.17. The Bertz CT molecular complexity index is 423. The summed E-state index contributed by atoms with van der Waals surface area (Å²) in [7, 11) is -3.50. The molecule has 0 fully saturated rings. The van der Waals surface area contributed by atoms with Gasteiger partial charge in [0.2, 0.25) is 0 Å². The van der Waals surface area contributed by atoms with Crippen molar-refractivity contribution in [2.24, 2.45) is 11.5 Å². The first-order valence-electron chi connectivity index (χ1n) is 4.67. The molecule has 1 unspecified atom stereocenters. The fourth-order valence-electron chi connectivity index (χ4n) is 1.17. The number of nitrogens with two attached hydrogens (primary N) is 2. The smallest absolute Gasteiger partial charge is 0.195 e. The van der Waals surface area contributed by atoms with E-state index in [-0.39, 0.29) is 4.90 Å². The lowest BCUT2D eigenvalue weighted by Gasteiger charge is -2.16. The van der Waals surface area contributed by atoms with Gasteiger partial charge in [-0.15, -0.1) is 0 Å². The summed E-state index contributed by atoms with van der Waals surface area (Å²) in [5.41, 5.74) is 12.0. The molecule has 0 bridgehead atoms. The summed E-state index contributed by atoms with van der Waals surface area (Å²) in [6.07, 6.45) is 0. The number of hydrogen-bond acceptors (Lipinski definition) is 4. The highest BCUT2D eigenvalue weighted by Crippen LogP contribution is 2.15. The molecule has 0 aliphatic rings. The zero-order valence-electron chi connectivity index (χ0n) is 8.84. The van der Waals surface area contributed by atoms with E-state index >= 15 is 0 Å². The lowest BCUT2D eigenvalue weighted by Crippen LogP contribution is -2.45. The van der Waals surface area contributed by atoms with Crippen LogP contribution in [0.1, 0.15) is 12.5 Å². The number of benzene rings is 1. The maximum absolute atomic E-state index is 11.9. The summed E-state index contributed by atoms with van der Waals surface area (Å²) in [4.78, 5) is 0.220. The van der Waals surface area contributed by atoms with Gasteiger partial charge in [0.1, 0.15) is 5.37 Å². The molecule has 0 aromatic heterocycles. The second-order valence-corrected chi connectivity index (χ2v) is 5.79. The Labute approximate surface area is 90.2 Å². The maximum Gasteiger partial charge on any atom is 0.195 e. The summed E-state index contributed by atoms with van der Waals surface area (Å²) < 4.78 is 23.8. The fourth-order valence-corrected chi connectivity index (χ4v) is 2.56. The molecule has 1 aromatic carbocycles. The van der Waals surface area contributed by atoms with E-state index in [1.165, 1.54) is 0 Å². The zero-order chi connectivity index (χ0) is 11.6. The first-order chi connectivity index (χ1) is 6.85. The van der Waals surface area contributed by atoms with E-state index in [4.69, 9.17) is 11.5 Å². The van der Waals surface area contributed by atoms with Crippen molar-refractivity contribution in [1.82, 2.24) is 0 Å². The van der Waals surface area contributed by atoms with E-state index in [2.05, 4.69) is 0 Å². The minimum Gasteiger partial charge on any atom is -0.326 e. The van der Waals surface area contributed by atoms with Gasteiger partial charge in [-0.3, -0.25) is 0 Å².